The molecule has 0 saturated carbocycles. The molecule has 12 nitrogen and oxygen atoms in total. The number of carbonyl (C=O) groups is 5. The van der Waals surface area contributed by atoms with Gasteiger partial charge < -0.3 is 25.6 Å². The SMILES string of the molecule is CCC(=C(c1ccc(O)cc1)c1ccc(OCCNC(=O)CCCNc2cccc3c2C(=O)N(C2CCC(=O)NC2=O)C3=O)cc1)c1ccc(O)cc1. The second-order valence-electron chi connectivity index (χ2n) is 12.7. The lowest BCUT2D eigenvalue weighted by atomic mass is 9.88. The summed E-state index contributed by atoms with van der Waals surface area (Å²) in [6.07, 6.45) is 1.53. The van der Waals surface area contributed by atoms with Crippen LogP contribution in [0.1, 0.15) is 76.4 Å². The lowest BCUT2D eigenvalue weighted by Crippen LogP contribution is -2.54. The van der Waals surface area contributed by atoms with Gasteiger partial charge in [-0.2, -0.15) is 0 Å². The van der Waals surface area contributed by atoms with Gasteiger partial charge in [0, 0.05) is 25.1 Å². The molecule has 1 fully saturated rings. The number of phenols is 2. The summed E-state index contributed by atoms with van der Waals surface area (Å²) in [5.41, 5.74) is 5.75. The van der Waals surface area contributed by atoms with E-state index < -0.39 is 29.7 Å². The van der Waals surface area contributed by atoms with E-state index in [1.165, 1.54) is 6.07 Å². The van der Waals surface area contributed by atoms with Crippen molar-refractivity contribution >= 4 is 46.4 Å². The van der Waals surface area contributed by atoms with Crippen LogP contribution in [-0.2, 0) is 14.4 Å². The van der Waals surface area contributed by atoms with Crippen LogP contribution in [0, 0.1) is 0 Å². The molecule has 272 valence electrons. The molecular weight excluding hydrogens is 676 g/mol. The van der Waals surface area contributed by atoms with E-state index in [9.17, 15) is 34.2 Å². The Labute approximate surface area is 306 Å². The molecule has 1 unspecified atom stereocenters. The summed E-state index contributed by atoms with van der Waals surface area (Å²) in [6, 6.07) is 25.6. The summed E-state index contributed by atoms with van der Waals surface area (Å²) in [5.74, 6) is -1.42. The van der Waals surface area contributed by atoms with Gasteiger partial charge in [-0.1, -0.05) is 49.4 Å². The highest BCUT2D eigenvalue weighted by atomic mass is 16.5. The van der Waals surface area contributed by atoms with Crippen molar-refractivity contribution in [3.8, 4) is 17.2 Å². The van der Waals surface area contributed by atoms with Crippen molar-refractivity contribution in [2.75, 3.05) is 25.0 Å². The van der Waals surface area contributed by atoms with Crippen molar-refractivity contribution in [3.05, 3.63) is 119 Å². The molecule has 2 aliphatic rings. The van der Waals surface area contributed by atoms with E-state index >= 15 is 0 Å². The number of anilines is 1. The summed E-state index contributed by atoms with van der Waals surface area (Å²) in [6.45, 7) is 2.99. The van der Waals surface area contributed by atoms with E-state index in [1.807, 2.05) is 48.5 Å². The largest absolute Gasteiger partial charge is 0.508 e. The minimum atomic E-state index is -1.04. The molecule has 4 aromatic carbocycles. The van der Waals surface area contributed by atoms with E-state index in [4.69, 9.17) is 4.74 Å². The zero-order chi connectivity index (χ0) is 37.5. The Balaban J connectivity index is 0.985. The van der Waals surface area contributed by atoms with Gasteiger partial charge in [0.2, 0.25) is 17.7 Å². The van der Waals surface area contributed by atoms with Gasteiger partial charge >= 0.3 is 0 Å². The molecule has 0 bridgehead atoms. The average molecular weight is 717 g/mol. The second-order valence-corrected chi connectivity index (χ2v) is 12.7. The molecule has 12 heteroatoms. The molecule has 6 rings (SSSR count). The number of imide groups is 2. The van der Waals surface area contributed by atoms with Gasteiger partial charge in [-0.3, -0.25) is 34.2 Å². The highest BCUT2D eigenvalue weighted by Gasteiger charge is 2.45. The quantitative estimate of drug-likeness (QED) is 0.0663. The minimum absolute atomic E-state index is 0.0431. The number of ether oxygens (including phenoxy) is 1. The molecule has 1 saturated heterocycles. The number of phenolic OH excluding ortho intramolecular Hbond substituents is 2. The van der Waals surface area contributed by atoms with Gasteiger partial charge in [-0.15, -0.1) is 0 Å². The van der Waals surface area contributed by atoms with Crippen LogP contribution in [0.4, 0.5) is 5.69 Å². The van der Waals surface area contributed by atoms with E-state index in [2.05, 4.69) is 22.9 Å². The number of carbonyl (C=O) groups excluding carboxylic acids is 5. The fraction of sp³-hybridized carbons (Fsp3) is 0.244. The number of rotatable bonds is 14. The number of allylic oxidation sites excluding steroid dienone is 1. The van der Waals surface area contributed by atoms with Crippen LogP contribution in [0.15, 0.2) is 91.0 Å². The van der Waals surface area contributed by atoms with Crippen LogP contribution in [0.25, 0.3) is 11.1 Å². The normalized spacial score (nSPS) is 15.8. The zero-order valence-corrected chi connectivity index (χ0v) is 29.2. The number of hydrogen-bond acceptors (Lipinski definition) is 9. The molecule has 2 aliphatic heterocycles. The topological polar surface area (TPSA) is 174 Å². The molecule has 0 spiro atoms. The molecule has 1 atom stereocenters. The first-order valence-electron chi connectivity index (χ1n) is 17.5. The molecule has 0 aliphatic carbocycles. The summed E-state index contributed by atoms with van der Waals surface area (Å²) < 4.78 is 5.90. The van der Waals surface area contributed by atoms with Crippen LogP contribution in [0.5, 0.6) is 17.2 Å². The van der Waals surface area contributed by atoms with Gasteiger partial charge in [0.05, 0.1) is 17.7 Å². The number of fused-ring (bicyclic) bond motifs is 1. The molecule has 4 aromatic rings. The van der Waals surface area contributed by atoms with Crippen LogP contribution in [0.2, 0.25) is 0 Å². The van der Waals surface area contributed by atoms with E-state index in [1.54, 1.807) is 36.4 Å². The Morgan fingerprint density at radius 1 is 0.830 bits per heavy atom. The molecule has 5 N–H and O–H groups in total. The van der Waals surface area contributed by atoms with Crippen molar-refractivity contribution in [1.82, 2.24) is 15.5 Å². The Morgan fingerprint density at radius 2 is 1.47 bits per heavy atom. The van der Waals surface area contributed by atoms with E-state index in [0.717, 1.165) is 39.2 Å². The van der Waals surface area contributed by atoms with Crippen molar-refractivity contribution in [1.29, 1.82) is 0 Å². The van der Waals surface area contributed by atoms with Crippen LogP contribution >= 0.6 is 0 Å². The van der Waals surface area contributed by atoms with Crippen molar-refractivity contribution in [3.63, 3.8) is 0 Å². The average Bonchev–Trinajstić information content (AvgIpc) is 3.41. The maximum absolute atomic E-state index is 13.3. The molecule has 53 heavy (non-hydrogen) atoms. The zero-order valence-electron chi connectivity index (χ0n) is 29.2. The lowest BCUT2D eigenvalue weighted by molar-refractivity contribution is -0.136. The van der Waals surface area contributed by atoms with Crippen molar-refractivity contribution < 1.29 is 38.9 Å². The number of piperidine rings is 1. The third-order valence-electron chi connectivity index (χ3n) is 9.23. The van der Waals surface area contributed by atoms with Gasteiger partial charge in [-0.05, 0) is 95.6 Å². The number of hydrogen-bond donors (Lipinski definition) is 5. The number of nitrogens with zero attached hydrogens (tertiary/aromatic N) is 1. The third-order valence-corrected chi connectivity index (χ3v) is 9.23. The van der Waals surface area contributed by atoms with Gasteiger partial charge in [0.25, 0.3) is 11.8 Å². The maximum atomic E-state index is 13.3. The summed E-state index contributed by atoms with van der Waals surface area (Å²) >= 11 is 0. The predicted molar refractivity (Wildman–Crippen MR) is 198 cm³/mol. The van der Waals surface area contributed by atoms with E-state index in [0.29, 0.717) is 30.9 Å². The second kappa shape index (κ2) is 16.3. The Hall–Kier alpha value is -6.43. The summed E-state index contributed by atoms with van der Waals surface area (Å²) in [4.78, 5) is 63.7. The number of benzene rings is 4. The van der Waals surface area contributed by atoms with Gasteiger partial charge in [-0.25, -0.2) is 0 Å². The first kappa shape index (κ1) is 36.4. The van der Waals surface area contributed by atoms with Gasteiger partial charge in [0.1, 0.15) is 29.9 Å². The molecule has 5 amide bonds. The predicted octanol–water partition coefficient (Wildman–Crippen LogP) is 5.26. The Kier molecular flexibility index (Phi) is 11.2. The van der Waals surface area contributed by atoms with Crippen LogP contribution < -0.4 is 20.7 Å². The first-order valence-corrected chi connectivity index (χ1v) is 17.5. The minimum Gasteiger partial charge on any atom is -0.508 e. The summed E-state index contributed by atoms with van der Waals surface area (Å²) in [5, 5.41) is 27.9. The smallest absolute Gasteiger partial charge is 0.264 e. The fourth-order valence-corrected chi connectivity index (χ4v) is 6.63. The van der Waals surface area contributed by atoms with Gasteiger partial charge in [0.15, 0.2) is 0 Å². The van der Waals surface area contributed by atoms with Crippen LogP contribution in [-0.4, -0.2) is 70.4 Å². The van der Waals surface area contributed by atoms with E-state index in [-0.39, 0.29) is 54.4 Å². The Morgan fingerprint density at radius 3 is 2.11 bits per heavy atom. The number of amides is 5. The third kappa shape index (κ3) is 8.22. The molecule has 2 heterocycles. The molecule has 0 radical (unpaired) electrons. The van der Waals surface area contributed by atoms with Crippen molar-refractivity contribution in [2.45, 2.75) is 45.1 Å². The maximum Gasteiger partial charge on any atom is 0.264 e. The molecular formula is C41H40N4O8. The first-order chi connectivity index (χ1) is 25.6. The summed E-state index contributed by atoms with van der Waals surface area (Å²) in [7, 11) is 0. The lowest BCUT2D eigenvalue weighted by Gasteiger charge is -2.27. The number of aromatic hydroxyl groups is 2. The highest BCUT2D eigenvalue weighted by molar-refractivity contribution is 6.25. The van der Waals surface area contributed by atoms with Crippen LogP contribution in [0.3, 0.4) is 0 Å². The highest BCUT2D eigenvalue weighted by Crippen LogP contribution is 2.36. The monoisotopic (exact) mass is 716 g/mol. The standard InChI is InChI=1S/C41H40N4O8/c1-2-31(25-8-14-28(46)15-9-25)37(26-10-16-29(47)17-11-26)27-12-18-30(19-13-27)53-24-23-43-35(48)7-4-22-42-33-6-3-5-32-38(33)41(52)45(40(32)51)34-20-21-36(49)44-39(34)50/h3,5-6,8-19,34,42,46-47H,2,4,7,20-24H2,1H3,(H,43,48)(H,44,49,50). The van der Waals surface area contributed by atoms with Crippen molar-refractivity contribution in [2.24, 2.45) is 0 Å². The molecule has 0 aromatic heterocycles. The Bertz CT molecular complexity index is 2060. The number of nitrogens with one attached hydrogen (secondary N) is 3. The fourth-order valence-electron chi connectivity index (χ4n) is 6.63.